The Morgan fingerprint density at radius 2 is 1.81 bits per heavy atom. The van der Waals surface area contributed by atoms with Crippen molar-refractivity contribution < 1.29 is 17.6 Å². The summed E-state index contributed by atoms with van der Waals surface area (Å²) < 4.78 is 40.1. The maximum absolute atomic E-state index is 13.4. The van der Waals surface area contributed by atoms with E-state index in [9.17, 15) is 22.9 Å². The lowest BCUT2D eigenvalue weighted by Gasteiger charge is -2.35. The fourth-order valence-corrected chi connectivity index (χ4v) is 4.51. The van der Waals surface area contributed by atoms with Crippen LogP contribution in [0.15, 0.2) is 47.4 Å². The van der Waals surface area contributed by atoms with Crippen molar-refractivity contribution in [3.8, 4) is 6.07 Å². The summed E-state index contributed by atoms with van der Waals surface area (Å²) in [6, 6.07) is 11.9. The van der Waals surface area contributed by atoms with E-state index in [2.05, 4.69) is 6.07 Å². The zero-order valence-electron chi connectivity index (χ0n) is 14.7. The van der Waals surface area contributed by atoms with E-state index in [0.717, 1.165) is 6.07 Å². The summed E-state index contributed by atoms with van der Waals surface area (Å²) in [6.07, 6.45) is 0. The minimum absolute atomic E-state index is 0.0766. The van der Waals surface area contributed by atoms with Crippen molar-refractivity contribution in [3.63, 3.8) is 0 Å². The molecule has 1 aliphatic heterocycles. The van der Waals surface area contributed by atoms with E-state index in [0.29, 0.717) is 29.9 Å². The van der Waals surface area contributed by atoms with Crippen LogP contribution in [-0.2, 0) is 10.0 Å². The van der Waals surface area contributed by atoms with Gasteiger partial charge in [-0.2, -0.15) is 9.57 Å². The largest absolute Gasteiger partial charge is 0.368 e. The molecular weight excluding hydrogens is 369 g/mol. The first-order chi connectivity index (χ1) is 12.8. The number of nitriles is 1. The minimum Gasteiger partial charge on any atom is -0.368 e. The maximum Gasteiger partial charge on any atom is 0.243 e. The standard InChI is InChI=1S/C19H18FN3O3S/c1-14(24)15-5-6-16(13-21)19(11-15)22-7-9-23(10-8-22)27(25,26)18-4-2-3-17(20)12-18/h2-6,11-12H,7-10H2,1H3. The van der Waals surface area contributed by atoms with Crippen molar-refractivity contribution >= 4 is 21.5 Å². The second-order valence-electron chi connectivity index (χ2n) is 6.25. The van der Waals surface area contributed by atoms with Crippen LogP contribution < -0.4 is 4.90 Å². The van der Waals surface area contributed by atoms with Crippen molar-refractivity contribution in [3.05, 3.63) is 59.4 Å². The van der Waals surface area contributed by atoms with E-state index in [4.69, 9.17) is 0 Å². The number of Topliss-reactive ketones (excluding diaryl/α,β-unsaturated/α-hetero) is 1. The molecule has 27 heavy (non-hydrogen) atoms. The molecule has 2 aromatic rings. The number of hydrogen-bond acceptors (Lipinski definition) is 5. The number of piperazine rings is 1. The molecule has 6 nitrogen and oxygen atoms in total. The molecule has 0 bridgehead atoms. The Hall–Kier alpha value is -2.76. The Balaban J connectivity index is 1.81. The van der Waals surface area contributed by atoms with Crippen molar-refractivity contribution in [2.75, 3.05) is 31.1 Å². The van der Waals surface area contributed by atoms with Crippen LogP contribution in [0.2, 0.25) is 0 Å². The highest BCUT2D eigenvalue weighted by Crippen LogP contribution is 2.25. The maximum atomic E-state index is 13.4. The highest BCUT2D eigenvalue weighted by Gasteiger charge is 2.29. The van der Waals surface area contributed by atoms with Crippen LogP contribution in [0.25, 0.3) is 0 Å². The Kier molecular flexibility index (Phi) is 5.26. The van der Waals surface area contributed by atoms with E-state index in [-0.39, 0.29) is 23.8 Å². The number of carbonyl (C=O) groups is 1. The van der Waals surface area contributed by atoms with Crippen LogP contribution in [0, 0.1) is 17.1 Å². The molecule has 0 atom stereocenters. The molecule has 1 fully saturated rings. The molecule has 0 saturated carbocycles. The summed E-state index contributed by atoms with van der Waals surface area (Å²) in [5.41, 5.74) is 1.55. The Bertz CT molecular complexity index is 1020. The van der Waals surface area contributed by atoms with Crippen molar-refractivity contribution in [2.24, 2.45) is 0 Å². The van der Waals surface area contributed by atoms with Gasteiger partial charge in [-0.1, -0.05) is 6.07 Å². The average molecular weight is 387 g/mol. The molecule has 2 aromatic carbocycles. The first-order valence-electron chi connectivity index (χ1n) is 8.38. The molecule has 0 unspecified atom stereocenters. The average Bonchev–Trinajstić information content (AvgIpc) is 2.67. The van der Waals surface area contributed by atoms with Crippen molar-refractivity contribution in [2.45, 2.75) is 11.8 Å². The van der Waals surface area contributed by atoms with Gasteiger partial charge in [0.1, 0.15) is 11.9 Å². The van der Waals surface area contributed by atoms with E-state index in [1.54, 1.807) is 18.2 Å². The Morgan fingerprint density at radius 1 is 1.11 bits per heavy atom. The fourth-order valence-electron chi connectivity index (χ4n) is 3.05. The summed E-state index contributed by atoms with van der Waals surface area (Å²) in [5.74, 6) is -0.706. The van der Waals surface area contributed by atoms with Gasteiger partial charge in [0.2, 0.25) is 10.0 Å². The van der Waals surface area contributed by atoms with Gasteiger partial charge in [-0.25, -0.2) is 12.8 Å². The molecule has 140 valence electrons. The topological polar surface area (TPSA) is 81.5 Å². The second kappa shape index (κ2) is 7.47. The number of rotatable bonds is 4. The van der Waals surface area contributed by atoms with Gasteiger partial charge < -0.3 is 4.90 Å². The van der Waals surface area contributed by atoms with Gasteiger partial charge in [-0.3, -0.25) is 4.79 Å². The molecule has 0 amide bonds. The predicted molar refractivity (Wildman–Crippen MR) is 98.5 cm³/mol. The normalized spacial score (nSPS) is 15.4. The molecule has 1 aliphatic rings. The van der Waals surface area contributed by atoms with Crippen molar-refractivity contribution in [1.82, 2.24) is 4.31 Å². The smallest absolute Gasteiger partial charge is 0.243 e. The third-order valence-corrected chi connectivity index (χ3v) is 6.43. The van der Waals surface area contributed by atoms with E-state index in [1.165, 1.54) is 29.4 Å². The molecule has 8 heteroatoms. The number of nitrogens with zero attached hydrogens (tertiary/aromatic N) is 3. The quantitative estimate of drug-likeness (QED) is 0.753. The molecule has 1 heterocycles. The van der Waals surface area contributed by atoms with Crippen LogP contribution in [-0.4, -0.2) is 44.7 Å². The van der Waals surface area contributed by atoms with E-state index < -0.39 is 15.8 Å². The van der Waals surface area contributed by atoms with Crippen LogP contribution in [0.4, 0.5) is 10.1 Å². The molecule has 0 radical (unpaired) electrons. The lowest BCUT2D eigenvalue weighted by atomic mass is 10.1. The molecule has 0 aliphatic carbocycles. The van der Waals surface area contributed by atoms with Crippen LogP contribution in [0.3, 0.4) is 0 Å². The highest BCUT2D eigenvalue weighted by atomic mass is 32.2. The molecule has 0 aromatic heterocycles. The summed E-state index contributed by atoms with van der Waals surface area (Å²) in [6.45, 7) is 2.59. The molecular formula is C19H18FN3O3S. The Morgan fingerprint density at radius 3 is 2.41 bits per heavy atom. The molecule has 0 spiro atoms. The lowest BCUT2D eigenvalue weighted by molar-refractivity contribution is 0.101. The molecule has 0 N–H and O–H groups in total. The van der Waals surface area contributed by atoms with Gasteiger partial charge in [0.25, 0.3) is 0 Å². The SMILES string of the molecule is CC(=O)c1ccc(C#N)c(N2CCN(S(=O)(=O)c3cccc(F)c3)CC2)c1. The van der Waals surface area contributed by atoms with Gasteiger partial charge >= 0.3 is 0 Å². The van der Waals surface area contributed by atoms with Crippen LogP contribution in [0.1, 0.15) is 22.8 Å². The number of sulfonamides is 1. The first-order valence-corrected chi connectivity index (χ1v) is 9.82. The zero-order chi connectivity index (χ0) is 19.6. The molecule has 1 saturated heterocycles. The summed E-state index contributed by atoms with van der Waals surface area (Å²) in [4.78, 5) is 13.4. The van der Waals surface area contributed by atoms with Gasteiger partial charge in [0, 0.05) is 31.7 Å². The third-order valence-electron chi connectivity index (χ3n) is 4.54. The minimum atomic E-state index is -3.78. The van der Waals surface area contributed by atoms with Gasteiger partial charge in [0.15, 0.2) is 5.78 Å². The van der Waals surface area contributed by atoms with Gasteiger partial charge in [-0.15, -0.1) is 0 Å². The third kappa shape index (κ3) is 3.84. The van der Waals surface area contributed by atoms with Crippen molar-refractivity contribution in [1.29, 1.82) is 5.26 Å². The zero-order valence-corrected chi connectivity index (χ0v) is 15.5. The van der Waals surface area contributed by atoms with Crippen LogP contribution >= 0.6 is 0 Å². The monoisotopic (exact) mass is 387 g/mol. The Labute approximate surface area is 157 Å². The number of benzene rings is 2. The predicted octanol–water partition coefficient (Wildman–Crippen LogP) is 2.41. The van der Waals surface area contributed by atoms with Gasteiger partial charge in [-0.05, 0) is 43.3 Å². The summed E-state index contributed by atoms with van der Waals surface area (Å²) in [5, 5.41) is 9.33. The van der Waals surface area contributed by atoms with E-state index >= 15 is 0 Å². The fraction of sp³-hybridized carbons (Fsp3) is 0.263. The second-order valence-corrected chi connectivity index (χ2v) is 8.19. The van der Waals surface area contributed by atoms with Gasteiger partial charge in [0.05, 0.1) is 16.1 Å². The number of carbonyl (C=O) groups excluding carboxylic acids is 1. The lowest BCUT2D eigenvalue weighted by Crippen LogP contribution is -2.48. The highest BCUT2D eigenvalue weighted by molar-refractivity contribution is 7.89. The number of ketones is 1. The van der Waals surface area contributed by atoms with Crippen LogP contribution in [0.5, 0.6) is 0 Å². The van der Waals surface area contributed by atoms with E-state index in [1.807, 2.05) is 4.90 Å². The summed E-state index contributed by atoms with van der Waals surface area (Å²) >= 11 is 0. The number of halogens is 1. The number of hydrogen-bond donors (Lipinski definition) is 0. The molecule has 3 rings (SSSR count). The first kappa shape index (κ1) is 19.0. The summed E-state index contributed by atoms with van der Waals surface area (Å²) in [7, 11) is -3.78. The number of anilines is 1.